The summed E-state index contributed by atoms with van der Waals surface area (Å²) in [6.07, 6.45) is 0. The fourth-order valence-electron chi connectivity index (χ4n) is 2.38. The average Bonchev–Trinajstić information content (AvgIpc) is 2.77. The van der Waals surface area contributed by atoms with E-state index < -0.39 is 0 Å². The molecule has 3 nitrogen and oxygen atoms in total. The van der Waals surface area contributed by atoms with E-state index in [9.17, 15) is 0 Å². The zero-order valence-corrected chi connectivity index (χ0v) is 13.6. The van der Waals surface area contributed by atoms with Crippen LogP contribution >= 0.6 is 23.2 Å². The first kappa shape index (κ1) is 15.6. The van der Waals surface area contributed by atoms with E-state index in [-0.39, 0.29) is 6.04 Å². The number of imidazole rings is 1. The third kappa shape index (κ3) is 3.11. The van der Waals surface area contributed by atoms with Crippen LogP contribution in [0.4, 0.5) is 0 Å². The Bertz CT molecular complexity index is 581. The van der Waals surface area contributed by atoms with E-state index in [2.05, 4.69) is 23.4 Å². The molecule has 5 heteroatoms. The van der Waals surface area contributed by atoms with Crippen molar-refractivity contribution in [3.05, 3.63) is 29.0 Å². The smallest absolute Gasteiger partial charge is 0.125 e. The number of fused-ring (bicyclic) bond motifs is 1. The van der Waals surface area contributed by atoms with Crippen molar-refractivity contribution in [2.75, 3.05) is 13.2 Å². The molecule has 2 rings (SSSR count). The minimum absolute atomic E-state index is 0.201. The fourth-order valence-corrected chi connectivity index (χ4v) is 2.74. The van der Waals surface area contributed by atoms with Gasteiger partial charge in [0.2, 0.25) is 0 Å². The van der Waals surface area contributed by atoms with E-state index >= 15 is 0 Å². The van der Waals surface area contributed by atoms with Gasteiger partial charge in [-0.05, 0) is 31.0 Å². The van der Waals surface area contributed by atoms with Gasteiger partial charge in [-0.3, -0.25) is 0 Å². The molecule has 0 aliphatic heterocycles. The Balaban J connectivity index is 2.55. The molecule has 0 aliphatic rings. The molecule has 20 heavy (non-hydrogen) atoms. The quantitative estimate of drug-likeness (QED) is 0.725. The molecule has 0 bridgehead atoms. The first-order valence-corrected chi connectivity index (χ1v) is 7.79. The summed E-state index contributed by atoms with van der Waals surface area (Å²) in [5.41, 5.74) is 1.94. The van der Waals surface area contributed by atoms with E-state index in [0.29, 0.717) is 30.0 Å². The van der Waals surface area contributed by atoms with Crippen LogP contribution in [-0.2, 0) is 10.6 Å². The van der Waals surface area contributed by atoms with Crippen LogP contribution < -0.4 is 0 Å². The van der Waals surface area contributed by atoms with Crippen LogP contribution in [0.15, 0.2) is 18.2 Å². The highest BCUT2D eigenvalue weighted by Gasteiger charge is 2.22. The first-order chi connectivity index (χ1) is 9.58. The largest absolute Gasteiger partial charge is 0.380 e. The summed E-state index contributed by atoms with van der Waals surface area (Å²) < 4.78 is 7.81. The molecule has 0 aliphatic carbocycles. The summed E-state index contributed by atoms with van der Waals surface area (Å²) in [7, 11) is 0. The predicted molar refractivity (Wildman–Crippen MR) is 84.7 cm³/mol. The maximum atomic E-state index is 6.13. The number of nitrogens with zero attached hydrogens (tertiary/aromatic N) is 2. The fraction of sp³-hybridized carbons (Fsp3) is 0.533. The van der Waals surface area contributed by atoms with Crippen LogP contribution in [0.1, 0.15) is 32.6 Å². The van der Waals surface area contributed by atoms with E-state index in [0.717, 1.165) is 16.9 Å². The molecule has 2 aromatic rings. The van der Waals surface area contributed by atoms with Gasteiger partial charge < -0.3 is 9.30 Å². The lowest BCUT2D eigenvalue weighted by atomic mass is 10.0. The van der Waals surface area contributed by atoms with Crippen LogP contribution in [-0.4, -0.2) is 22.8 Å². The van der Waals surface area contributed by atoms with Crippen molar-refractivity contribution in [1.82, 2.24) is 9.55 Å². The lowest BCUT2D eigenvalue weighted by molar-refractivity contribution is 0.0971. The number of alkyl halides is 1. The van der Waals surface area contributed by atoms with Crippen LogP contribution in [0.2, 0.25) is 5.02 Å². The van der Waals surface area contributed by atoms with Gasteiger partial charge in [0, 0.05) is 11.6 Å². The average molecular weight is 315 g/mol. The van der Waals surface area contributed by atoms with Crippen LogP contribution in [0.25, 0.3) is 11.0 Å². The van der Waals surface area contributed by atoms with Gasteiger partial charge >= 0.3 is 0 Å². The summed E-state index contributed by atoms with van der Waals surface area (Å²) in [6.45, 7) is 7.71. The van der Waals surface area contributed by atoms with Gasteiger partial charge in [0.05, 0.1) is 29.6 Å². The Kier molecular flexibility index (Phi) is 5.30. The topological polar surface area (TPSA) is 27.1 Å². The number of aromatic nitrogens is 2. The molecule has 110 valence electrons. The molecule has 0 spiro atoms. The SMILES string of the molecule is CCOCC(C(C)C)n1c(CCl)nc2ccc(Cl)cc21. The Morgan fingerprint density at radius 3 is 2.70 bits per heavy atom. The Labute approximate surface area is 129 Å². The third-order valence-electron chi connectivity index (χ3n) is 3.44. The molecule has 1 atom stereocenters. The third-order valence-corrected chi connectivity index (χ3v) is 3.91. The monoisotopic (exact) mass is 314 g/mol. The van der Waals surface area contributed by atoms with Gasteiger partial charge in [-0.1, -0.05) is 25.4 Å². The maximum absolute atomic E-state index is 6.13. The Morgan fingerprint density at radius 1 is 1.35 bits per heavy atom. The summed E-state index contributed by atoms with van der Waals surface area (Å²) in [5, 5.41) is 0.707. The van der Waals surface area contributed by atoms with Crippen molar-refractivity contribution in [2.45, 2.75) is 32.7 Å². The highest BCUT2D eigenvalue weighted by atomic mass is 35.5. The molecule has 0 amide bonds. The molecule has 1 heterocycles. The van der Waals surface area contributed by atoms with E-state index in [1.165, 1.54) is 0 Å². The summed E-state index contributed by atoms with van der Waals surface area (Å²) in [6, 6.07) is 5.93. The highest BCUT2D eigenvalue weighted by molar-refractivity contribution is 6.31. The van der Waals surface area contributed by atoms with Crippen LogP contribution in [0.3, 0.4) is 0 Å². The van der Waals surface area contributed by atoms with Gasteiger partial charge in [-0.2, -0.15) is 0 Å². The molecule has 1 aromatic heterocycles. The molecular formula is C15H20Cl2N2O. The van der Waals surface area contributed by atoms with E-state index in [1.807, 2.05) is 25.1 Å². The maximum Gasteiger partial charge on any atom is 0.125 e. The zero-order valence-electron chi connectivity index (χ0n) is 12.1. The second-order valence-corrected chi connectivity index (χ2v) is 5.84. The van der Waals surface area contributed by atoms with E-state index in [4.69, 9.17) is 27.9 Å². The standard InChI is InChI=1S/C15H20Cl2N2O/c1-4-20-9-14(10(2)3)19-13-7-11(17)5-6-12(13)18-15(19)8-16/h5-7,10,14H,4,8-9H2,1-3H3. The second kappa shape index (κ2) is 6.79. The van der Waals surface area contributed by atoms with Gasteiger partial charge in [0.1, 0.15) is 5.82 Å². The normalized spacial score (nSPS) is 13.3. The minimum atomic E-state index is 0.201. The summed E-state index contributed by atoms with van der Waals surface area (Å²) in [5.74, 6) is 1.66. The molecule has 0 saturated carbocycles. The number of rotatable bonds is 6. The van der Waals surface area contributed by atoms with Crippen molar-refractivity contribution < 1.29 is 4.74 Å². The summed E-state index contributed by atoms with van der Waals surface area (Å²) in [4.78, 5) is 4.60. The number of ether oxygens (including phenoxy) is 1. The van der Waals surface area contributed by atoms with Crippen molar-refractivity contribution in [3.63, 3.8) is 0 Å². The van der Waals surface area contributed by atoms with Gasteiger partial charge in [-0.25, -0.2) is 4.98 Å². The van der Waals surface area contributed by atoms with Crippen molar-refractivity contribution >= 4 is 34.2 Å². The number of halogens is 2. The minimum Gasteiger partial charge on any atom is -0.380 e. The van der Waals surface area contributed by atoms with Gasteiger partial charge in [0.15, 0.2) is 0 Å². The van der Waals surface area contributed by atoms with Gasteiger partial charge in [-0.15, -0.1) is 11.6 Å². The second-order valence-electron chi connectivity index (χ2n) is 5.14. The number of benzene rings is 1. The van der Waals surface area contributed by atoms with E-state index in [1.54, 1.807) is 0 Å². The molecular weight excluding hydrogens is 295 g/mol. The van der Waals surface area contributed by atoms with Crippen molar-refractivity contribution in [2.24, 2.45) is 5.92 Å². The Hall–Kier alpha value is -0.770. The van der Waals surface area contributed by atoms with Crippen LogP contribution in [0, 0.1) is 5.92 Å². The Morgan fingerprint density at radius 2 is 2.10 bits per heavy atom. The number of hydrogen-bond donors (Lipinski definition) is 0. The molecule has 0 fully saturated rings. The lowest BCUT2D eigenvalue weighted by Crippen LogP contribution is -2.22. The summed E-state index contributed by atoms with van der Waals surface area (Å²) >= 11 is 12.2. The lowest BCUT2D eigenvalue weighted by Gasteiger charge is -2.24. The number of hydrogen-bond acceptors (Lipinski definition) is 2. The predicted octanol–water partition coefficient (Wildman–Crippen LogP) is 4.66. The van der Waals surface area contributed by atoms with Gasteiger partial charge in [0.25, 0.3) is 0 Å². The molecule has 0 N–H and O–H groups in total. The van der Waals surface area contributed by atoms with Crippen molar-refractivity contribution in [3.8, 4) is 0 Å². The molecule has 0 saturated heterocycles. The first-order valence-electron chi connectivity index (χ1n) is 6.88. The molecule has 0 radical (unpaired) electrons. The molecule has 1 aromatic carbocycles. The van der Waals surface area contributed by atoms with Crippen LogP contribution in [0.5, 0.6) is 0 Å². The molecule has 1 unspecified atom stereocenters. The highest BCUT2D eigenvalue weighted by Crippen LogP contribution is 2.29. The zero-order chi connectivity index (χ0) is 14.7. The van der Waals surface area contributed by atoms with Crippen molar-refractivity contribution in [1.29, 1.82) is 0 Å².